The van der Waals surface area contributed by atoms with E-state index in [9.17, 15) is 22.8 Å². The Bertz CT molecular complexity index is 509. The Hall–Kier alpha value is -2.05. The molecule has 0 aliphatic carbocycles. The number of aliphatic carboxylic acids is 1. The van der Waals surface area contributed by atoms with Crippen LogP contribution in [0.2, 0.25) is 0 Å². The highest BCUT2D eigenvalue weighted by Crippen LogP contribution is 2.29. The molecule has 96 valence electrons. The molecule has 18 heavy (non-hydrogen) atoms. The van der Waals surface area contributed by atoms with E-state index in [4.69, 9.17) is 5.11 Å². The topological polar surface area (TPSA) is 57.6 Å². The molecule has 0 saturated carbocycles. The van der Waals surface area contributed by atoms with Gasteiger partial charge in [-0.2, -0.15) is 0 Å². The van der Waals surface area contributed by atoms with E-state index >= 15 is 0 Å². The van der Waals surface area contributed by atoms with Gasteiger partial charge in [-0.3, -0.25) is 9.69 Å². The number of anilines is 1. The van der Waals surface area contributed by atoms with Crippen LogP contribution in [-0.2, 0) is 9.59 Å². The van der Waals surface area contributed by atoms with E-state index in [0.29, 0.717) is 12.1 Å². The zero-order valence-electron chi connectivity index (χ0n) is 8.99. The Morgan fingerprint density at radius 2 is 1.83 bits per heavy atom. The van der Waals surface area contributed by atoms with Crippen molar-refractivity contribution in [1.82, 2.24) is 0 Å². The van der Waals surface area contributed by atoms with Gasteiger partial charge in [-0.05, 0) is 6.42 Å². The molecule has 1 amide bonds. The highest BCUT2D eigenvalue weighted by molar-refractivity contribution is 6.02. The summed E-state index contributed by atoms with van der Waals surface area (Å²) in [5, 5.41) is 8.90. The van der Waals surface area contributed by atoms with Crippen LogP contribution in [0.5, 0.6) is 0 Å². The van der Waals surface area contributed by atoms with E-state index < -0.39 is 35.4 Å². The average Bonchev–Trinajstić information content (AvgIpc) is 2.67. The summed E-state index contributed by atoms with van der Waals surface area (Å²) in [5.74, 6) is -6.42. The van der Waals surface area contributed by atoms with Gasteiger partial charge in [0.1, 0.15) is 6.04 Å². The molecular weight excluding hydrogens is 251 g/mol. The molecule has 0 aromatic heterocycles. The molecule has 1 fully saturated rings. The number of benzene rings is 1. The second kappa shape index (κ2) is 4.32. The number of nitrogens with zero attached hydrogens (tertiary/aromatic N) is 1. The Morgan fingerprint density at radius 1 is 1.28 bits per heavy atom. The zero-order chi connectivity index (χ0) is 13.4. The van der Waals surface area contributed by atoms with Crippen LogP contribution < -0.4 is 4.90 Å². The van der Waals surface area contributed by atoms with Gasteiger partial charge in [0.2, 0.25) is 5.91 Å². The predicted molar refractivity (Wildman–Crippen MR) is 54.5 cm³/mol. The summed E-state index contributed by atoms with van der Waals surface area (Å²) in [6.45, 7) is 0. The predicted octanol–water partition coefficient (Wildman–Crippen LogP) is 1.68. The fourth-order valence-corrected chi connectivity index (χ4v) is 1.92. The number of hydrogen-bond donors (Lipinski definition) is 1. The molecule has 0 spiro atoms. The summed E-state index contributed by atoms with van der Waals surface area (Å²) in [5.41, 5.74) is -0.290. The summed E-state index contributed by atoms with van der Waals surface area (Å²) in [4.78, 5) is 23.2. The van der Waals surface area contributed by atoms with Crippen LogP contribution >= 0.6 is 0 Å². The van der Waals surface area contributed by atoms with E-state index in [1.54, 1.807) is 0 Å². The van der Waals surface area contributed by atoms with Gasteiger partial charge >= 0.3 is 5.97 Å². The fraction of sp³-hybridized carbons (Fsp3) is 0.273. The van der Waals surface area contributed by atoms with Crippen LogP contribution in [-0.4, -0.2) is 23.0 Å². The standard InChI is InChI=1S/C11H8F3NO3/c12-6-3-5(4-7(13)10(6)14)15-8(11(17)18)1-2-9(15)16/h3-4,8H,1-2H2,(H,17,18). The van der Waals surface area contributed by atoms with E-state index in [-0.39, 0.29) is 18.5 Å². The lowest BCUT2D eigenvalue weighted by Gasteiger charge is -2.21. The summed E-state index contributed by atoms with van der Waals surface area (Å²) in [7, 11) is 0. The number of carboxylic acids is 1. The molecule has 4 nitrogen and oxygen atoms in total. The molecule has 2 rings (SSSR count). The van der Waals surface area contributed by atoms with Gasteiger partial charge in [-0.1, -0.05) is 0 Å². The van der Waals surface area contributed by atoms with Crippen LogP contribution in [0.1, 0.15) is 12.8 Å². The van der Waals surface area contributed by atoms with Crippen LogP contribution in [0.4, 0.5) is 18.9 Å². The van der Waals surface area contributed by atoms with Crippen molar-refractivity contribution in [3.63, 3.8) is 0 Å². The number of rotatable bonds is 2. The lowest BCUT2D eigenvalue weighted by atomic mass is 10.2. The van der Waals surface area contributed by atoms with Crippen molar-refractivity contribution in [2.45, 2.75) is 18.9 Å². The molecular formula is C11H8F3NO3. The monoisotopic (exact) mass is 259 g/mol. The van der Waals surface area contributed by atoms with Crippen molar-refractivity contribution in [1.29, 1.82) is 0 Å². The highest BCUT2D eigenvalue weighted by Gasteiger charge is 2.37. The van der Waals surface area contributed by atoms with Gasteiger partial charge in [0, 0.05) is 18.6 Å². The molecule has 1 unspecified atom stereocenters. The van der Waals surface area contributed by atoms with E-state index in [1.807, 2.05) is 0 Å². The average molecular weight is 259 g/mol. The normalized spacial score (nSPS) is 19.4. The Morgan fingerprint density at radius 3 is 2.33 bits per heavy atom. The molecule has 1 aromatic carbocycles. The van der Waals surface area contributed by atoms with E-state index in [1.165, 1.54) is 0 Å². The van der Waals surface area contributed by atoms with Crippen LogP contribution in [0, 0.1) is 17.5 Å². The highest BCUT2D eigenvalue weighted by atomic mass is 19.2. The molecule has 0 bridgehead atoms. The summed E-state index contributed by atoms with van der Waals surface area (Å²) >= 11 is 0. The lowest BCUT2D eigenvalue weighted by molar-refractivity contribution is -0.138. The molecule has 1 saturated heterocycles. The fourth-order valence-electron chi connectivity index (χ4n) is 1.92. The number of carbonyl (C=O) groups excluding carboxylic acids is 1. The smallest absolute Gasteiger partial charge is 0.326 e. The first-order chi connectivity index (χ1) is 8.41. The zero-order valence-corrected chi connectivity index (χ0v) is 8.99. The third-order valence-corrected chi connectivity index (χ3v) is 2.74. The molecule has 1 aromatic rings. The molecule has 1 heterocycles. The minimum Gasteiger partial charge on any atom is -0.480 e. The Kier molecular flexibility index (Phi) is 2.98. The number of carbonyl (C=O) groups is 2. The second-order valence-corrected chi connectivity index (χ2v) is 3.88. The molecule has 1 aliphatic heterocycles. The second-order valence-electron chi connectivity index (χ2n) is 3.88. The van der Waals surface area contributed by atoms with Gasteiger partial charge in [0.15, 0.2) is 17.5 Å². The summed E-state index contributed by atoms with van der Waals surface area (Å²) in [6, 6.07) is 0.0385. The maximum Gasteiger partial charge on any atom is 0.326 e. The molecule has 1 atom stereocenters. The third-order valence-electron chi connectivity index (χ3n) is 2.74. The van der Waals surface area contributed by atoms with E-state index in [2.05, 4.69) is 0 Å². The van der Waals surface area contributed by atoms with Crippen molar-refractivity contribution < 1.29 is 27.9 Å². The van der Waals surface area contributed by atoms with Crippen molar-refractivity contribution in [3.05, 3.63) is 29.6 Å². The van der Waals surface area contributed by atoms with Crippen molar-refractivity contribution in [2.24, 2.45) is 0 Å². The first kappa shape index (κ1) is 12.4. The van der Waals surface area contributed by atoms with Crippen molar-refractivity contribution in [3.8, 4) is 0 Å². The summed E-state index contributed by atoms with van der Waals surface area (Å²) in [6.07, 6.45) is 0.0202. The minimum atomic E-state index is -1.66. The van der Waals surface area contributed by atoms with Crippen molar-refractivity contribution >= 4 is 17.6 Å². The molecule has 1 aliphatic rings. The number of carboxylic acid groups (broad SMARTS) is 1. The quantitative estimate of drug-likeness (QED) is 0.822. The van der Waals surface area contributed by atoms with Gasteiger partial charge < -0.3 is 5.11 Å². The maximum atomic E-state index is 13.0. The van der Waals surface area contributed by atoms with Gasteiger partial charge in [0.05, 0.1) is 5.69 Å². The molecule has 0 radical (unpaired) electrons. The molecule has 7 heteroatoms. The van der Waals surface area contributed by atoms with Gasteiger partial charge in [-0.15, -0.1) is 0 Å². The number of amides is 1. The van der Waals surface area contributed by atoms with Gasteiger partial charge in [-0.25, -0.2) is 18.0 Å². The number of halogens is 3. The number of hydrogen-bond acceptors (Lipinski definition) is 2. The van der Waals surface area contributed by atoms with Crippen LogP contribution in [0.3, 0.4) is 0 Å². The third kappa shape index (κ3) is 1.92. The van der Waals surface area contributed by atoms with Crippen molar-refractivity contribution in [2.75, 3.05) is 4.90 Å². The van der Waals surface area contributed by atoms with E-state index in [0.717, 1.165) is 4.90 Å². The Labute approximate surface area is 99.6 Å². The van der Waals surface area contributed by atoms with Crippen LogP contribution in [0.15, 0.2) is 12.1 Å². The first-order valence-corrected chi connectivity index (χ1v) is 5.11. The van der Waals surface area contributed by atoms with Gasteiger partial charge in [0.25, 0.3) is 0 Å². The summed E-state index contributed by atoms with van der Waals surface area (Å²) < 4.78 is 38.9. The largest absolute Gasteiger partial charge is 0.480 e. The lowest BCUT2D eigenvalue weighted by Crippen LogP contribution is -2.38. The maximum absolute atomic E-state index is 13.0. The molecule has 1 N–H and O–H groups in total. The Balaban J connectivity index is 2.47. The first-order valence-electron chi connectivity index (χ1n) is 5.11. The van der Waals surface area contributed by atoms with Crippen LogP contribution in [0.25, 0.3) is 0 Å². The minimum absolute atomic E-state index is 0.0302. The SMILES string of the molecule is O=C(O)C1CCC(=O)N1c1cc(F)c(F)c(F)c1.